The average molecular weight is 609 g/mol. The second kappa shape index (κ2) is 10.9. The molecule has 3 aliphatic carbocycles. The second-order valence-electron chi connectivity index (χ2n) is 13.2. The van der Waals surface area contributed by atoms with Crippen molar-refractivity contribution in [3.05, 3.63) is 185 Å². The van der Waals surface area contributed by atoms with E-state index in [1.54, 1.807) is 0 Å². The summed E-state index contributed by atoms with van der Waals surface area (Å²) in [6.45, 7) is 2.38. The summed E-state index contributed by atoms with van der Waals surface area (Å²) in [6.07, 6.45) is 11.6. The van der Waals surface area contributed by atoms with Gasteiger partial charge in [0.15, 0.2) is 8.07 Å². The molecule has 1 nitrogen and oxygen atoms in total. The topological polar surface area (TPSA) is 13.1 Å². The van der Waals surface area contributed by atoms with Crippen LogP contribution in [-0.2, 0) is 0 Å². The SMILES string of the molecule is CC1CC=CC2=C1c1ccccc1C2c1ccc2oc3c(c2c1)C=CCC3[Si](c1ccccc1)(c1ccccc1)c1ccccc1. The lowest BCUT2D eigenvalue weighted by molar-refractivity contribution is 0.534. The van der Waals surface area contributed by atoms with Crippen molar-refractivity contribution < 1.29 is 4.42 Å². The van der Waals surface area contributed by atoms with E-state index in [4.69, 9.17) is 4.42 Å². The summed E-state index contributed by atoms with van der Waals surface area (Å²) >= 11 is 0. The minimum atomic E-state index is -2.62. The molecule has 1 aromatic heterocycles. The normalized spacial score (nSPS) is 20.1. The van der Waals surface area contributed by atoms with Crippen molar-refractivity contribution in [2.75, 3.05) is 0 Å². The van der Waals surface area contributed by atoms with Crippen LogP contribution >= 0.6 is 0 Å². The van der Waals surface area contributed by atoms with Crippen molar-refractivity contribution in [2.45, 2.75) is 31.2 Å². The summed E-state index contributed by atoms with van der Waals surface area (Å²) in [5.74, 6) is 1.91. The quantitative estimate of drug-likeness (QED) is 0.141. The molecule has 3 aliphatic rings. The number of hydrogen-bond acceptors (Lipinski definition) is 1. The highest BCUT2D eigenvalue weighted by molar-refractivity contribution is 7.12. The number of rotatable bonds is 5. The number of furan rings is 1. The van der Waals surface area contributed by atoms with E-state index >= 15 is 0 Å². The van der Waals surface area contributed by atoms with E-state index in [1.807, 2.05) is 0 Å². The fourth-order valence-corrected chi connectivity index (χ4v) is 14.3. The van der Waals surface area contributed by atoms with Gasteiger partial charge in [-0.05, 0) is 74.3 Å². The lowest BCUT2D eigenvalue weighted by Crippen LogP contribution is -2.71. The van der Waals surface area contributed by atoms with E-state index in [9.17, 15) is 0 Å². The Morgan fingerprint density at radius 1 is 0.630 bits per heavy atom. The molecule has 0 saturated heterocycles. The first-order chi connectivity index (χ1) is 22.7. The third-order valence-corrected chi connectivity index (χ3v) is 16.0. The van der Waals surface area contributed by atoms with Crippen LogP contribution in [0.4, 0.5) is 0 Å². The Labute approximate surface area is 272 Å². The summed E-state index contributed by atoms with van der Waals surface area (Å²) in [7, 11) is -2.62. The number of allylic oxidation sites excluding steroid dienone is 5. The predicted octanol–water partition coefficient (Wildman–Crippen LogP) is 9.14. The standard InChI is InChI=1S/C44H36OSi/c1-30-15-13-25-38-42(30)35-22-11-12-23-36(35)43(38)31-27-28-40-39(29-31)37-24-14-26-41(44(37)45-40)46(32-16-5-2-6-17-32,33-18-7-3-8-19-33)34-20-9-4-10-21-34/h2-14,16-25,27-30,41,43H,15,26H2,1H3. The molecular formula is C44H36OSi. The zero-order chi connectivity index (χ0) is 30.7. The first kappa shape index (κ1) is 27.4. The van der Waals surface area contributed by atoms with Gasteiger partial charge >= 0.3 is 0 Å². The van der Waals surface area contributed by atoms with Gasteiger partial charge in [-0.1, -0.05) is 153 Å². The van der Waals surface area contributed by atoms with E-state index < -0.39 is 8.07 Å². The molecule has 0 bridgehead atoms. The Balaban J connectivity index is 1.26. The minimum absolute atomic E-state index is 0.208. The van der Waals surface area contributed by atoms with Crippen LogP contribution in [0.5, 0.6) is 0 Å². The number of hydrogen-bond donors (Lipinski definition) is 0. The Kier molecular flexibility index (Phi) is 6.47. The largest absolute Gasteiger partial charge is 0.460 e. The summed E-state index contributed by atoms with van der Waals surface area (Å²) in [5.41, 5.74) is 9.64. The van der Waals surface area contributed by atoms with Crippen molar-refractivity contribution in [1.29, 1.82) is 0 Å². The molecule has 3 unspecified atom stereocenters. The van der Waals surface area contributed by atoms with Gasteiger partial charge in [-0.2, -0.15) is 0 Å². The van der Waals surface area contributed by atoms with Crippen LogP contribution < -0.4 is 15.6 Å². The molecule has 0 amide bonds. The zero-order valence-electron chi connectivity index (χ0n) is 26.1. The highest BCUT2D eigenvalue weighted by Crippen LogP contribution is 2.52. The summed E-state index contributed by atoms with van der Waals surface area (Å²) in [5, 5.41) is 5.48. The van der Waals surface area contributed by atoms with Gasteiger partial charge in [-0.3, -0.25) is 0 Å². The predicted molar refractivity (Wildman–Crippen MR) is 195 cm³/mol. The molecule has 2 heteroatoms. The third kappa shape index (κ3) is 4.00. The van der Waals surface area contributed by atoms with Crippen LogP contribution in [0, 0.1) is 5.92 Å². The van der Waals surface area contributed by atoms with Crippen molar-refractivity contribution in [2.24, 2.45) is 5.92 Å². The first-order valence-electron chi connectivity index (χ1n) is 16.6. The summed E-state index contributed by atoms with van der Waals surface area (Å²) in [6, 6.07) is 49.8. The molecule has 9 rings (SSSR count). The molecule has 6 aromatic rings. The molecule has 222 valence electrons. The van der Waals surface area contributed by atoms with Gasteiger partial charge in [0, 0.05) is 22.4 Å². The molecule has 0 N–H and O–H groups in total. The Bertz CT molecular complexity index is 2070. The van der Waals surface area contributed by atoms with Gasteiger partial charge in [-0.15, -0.1) is 0 Å². The lowest BCUT2D eigenvalue weighted by atomic mass is 9.83. The van der Waals surface area contributed by atoms with Crippen LogP contribution in [0.25, 0.3) is 22.6 Å². The van der Waals surface area contributed by atoms with Gasteiger partial charge in [0.25, 0.3) is 0 Å². The average Bonchev–Trinajstić information content (AvgIpc) is 3.67. The highest BCUT2D eigenvalue weighted by atomic mass is 28.3. The molecule has 1 heterocycles. The van der Waals surface area contributed by atoms with E-state index in [-0.39, 0.29) is 11.5 Å². The van der Waals surface area contributed by atoms with Crippen LogP contribution in [0.3, 0.4) is 0 Å². The lowest BCUT2D eigenvalue weighted by Gasteiger charge is -2.40. The number of benzene rings is 5. The molecule has 46 heavy (non-hydrogen) atoms. The minimum Gasteiger partial charge on any atom is -0.460 e. The molecule has 5 aromatic carbocycles. The van der Waals surface area contributed by atoms with Crippen LogP contribution in [0.1, 0.15) is 59.2 Å². The van der Waals surface area contributed by atoms with Crippen LogP contribution in [0.15, 0.2) is 162 Å². The van der Waals surface area contributed by atoms with Gasteiger partial charge < -0.3 is 4.42 Å². The maximum absolute atomic E-state index is 7.04. The molecule has 0 spiro atoms. The van der Waals surface area contributed by atoms with E-state index in [2.05, 4.69) is 165 Å². The van der Waals surface area contributed by atoms with Crippen LogP contribution in [-0.4, -0.2) is 8.07 Å². The smallest absolute Gasteiger partial charge is 0.158 e. The van der Waals surface area contributed by atoms with Crippen LogP contribution in [0.2, 0.25) is 0 Å². The van der Waals surface area contributed by atoms with Crippen molar-refractivity contribution in [1.82, 2.24) is 0 Å². The monoisotopic (exact) mass is 608 g/mol. The maximum atomic E-state index is 7.04. The summed E-state index contributed by atoms with van der Waals surface area (Å²) in [4.78, 5) is 0. The molecule has 0 fully saturated rings. The molecule has 0 radical (unpaired) electrons. The van der Waals surface area contributed by atoms with Gasteiger partial charge in [0.1, 0.15) is 11.3 Å². The Morgan fingerprint density at radius 3 is 1.91 bits per heavy atom. The Morgan fingerprint density at radius 2 is 1.24 bits per heavy atom. The van der Waals surface area contributed by atoms with Gasteiger partial charge in [0.2, 0.25) is 0 Å². The molecule has 0 aliphatic heterocycles. The number of fused-ring (bicyclic) bond motifs is 5. The maximum Gasteiger partial charge on any atom is 0.158 e. The third-order valence-electron chi connectivity index (χ3n) is 10.8. The Hall–Kier alpha value is -4.92. The van der Waals surface area contributed by atoms with Crippen molar-refractivity contribution >= 4 is 46.3 Å². The van der Waals surface area contributed by atoms with E-state index in [0.717, 1.165) is 24.2 Å². The fraction of sp³-hybridized carbons (Fsp3) is 0.136. The molecule has 3 atom stereocenters. The second-order valence-corrected chi connectivity index (χ2v) is 17.2. The first-order valence-corrected chi connectivity index (χ1v) is 18.7. The zero-order valence-corrected chi connectivity index (χ0v) is 27.1. The fourth-order valence-electron chi connectivity index (χ4n) is 8.86. The van der Waals surface area contributed by atoms with E-state index in [1.165, 1.54) is 54.3 Å². The van der Waals surface area contributed by atoms with E-state index in [0.29, 0.717) is 5.92 Å². The molecular weight excluding hydrogens is 573 g/mol. The molecule has 0 saturated carbocycles. The van der Waals surface area contributed by atoms with Crippen molar-refractivity contribution in [3.8, 4) is 0 Å². The summed E-state index contributed by atoms with van der Waals surface area (Å²) < 4.78 is 7.04. The van der Waals surface area contributed by atoms with Gasteiger partial charge in [-0.25, -0.2) is 0 Å². The highest BCUT2D eigenvalue weighted by Gasteiger charge is 2.49. The van der Waals surface area contributed by atoms with Gasteiger partial charge in [0.05, 0.1) is 0 Å². The van der Waals surface area contributed by atoms with Crippen molar-refractivity contribution in [3.63, 3.8) is 0 Å².